The lowest BCUT2D eigenvalue weighted by Gasteiger charge is -2.23. The standard InChI is InChI=1S/C21H21FN2O3/c22-17-5-2-1-4-15(17)13-24-21(25)12-18-16-11-20-19(26-8-3-9-27-20)10-14(16)6-7-23-18/h1-2,4-5,10-12,23H,3,6-9,13H2,(H,24,25). The van der Waals surface area contributed by atoms with Crippen LogP contribution in [0, 0.1) is 5.82 Å². The summed E-state index contributed by atoms with van der Waals surface area (Å²) < 4.78 is 25.2. The van der Waals surface area contributed by atoms with Crippen molar-refractivity contribution >= 4 is 11.6 Å². The molecule has 27 heavy (non-hydrogen) atoms. The first-order valence-corrected chi connectivity index (χ1v) is 9.10. The summed E-state index contributed by atoms with van der Waals surface area (Å²) in [5.74, 6) is 0.858. The van der Waals surface area contributed by atoms with Gasteiger partial charge in [0.15, 0.2) is 11.5 Å². The fourth-order valence-electron chi connectivity index (χ4n) is 3.27. The molecule has 6 heteroatoms. The Hall–Kier alpha value is -3.02. The van der Waals surface area contributed by atoms with Crippen LogP contribution in [-0.4, -0.2) is 25.7 Å². The number of ether oxygens (including phenoxy) is 2. The first kappa shape index (κ1) is 17.4. The number of rotatable bonds is 3. The van der Waals surface area contributed by atoms with Crippen LogP contribution in [-0.2, 0) is 17.8 Å². The van der Waals surface area contributed by atoms with E-state index in [1.54, 1.807) is 18.2 Å². The molecule has 4 rings (SSSR count). The molecule has 0 fully saturated rings. The smallest absolute Gasteiger partial charge is 0.246 e. The lowest BCUT2D eigenvalue weighted by Crippen LogP contribution is -2.27. The molecule has 0 aromatic heterocycles. The van der Waals surface area contributed by atoms with E-state index in [2.05, 4.69) is 10.6 Å². The molecule has 2 aliphatic rings. The zero-order valence-corrected chi connectivity index (χ0v) is 14.9. The highest BCUT2D eigenvalue weighted by Gasteiger charge is 2.20. The molecule has 140 valence electrons. The highest BCUT2D eigenvalue weighted by Crippen LogP contribution is 2.36. The van der Waals surface area contributed by atoms with Crippen molar-refractivity contribution in [1.82, 2.24) is 10.6 Å². The molecule has 0 bridgehead atoms. The van der Waals surface area contributed by atoms with E-state index < -0.39 is 0 Å². The van der Waals surface area contributed by atoms with E-state index in [4.69, 9.17) is 9.47 Å². The number of benzene rings is 2. The van der Waals surface area contributed by atoms with Crippen LogP contribution in [0.1, 0.15) is 23.1 Å². The minimum absolute atomic E-state index is 0.142. The van der Waals surface area contributed by atoms with E-state index in [-0.39, 0.29) is 18.3 Å². The van der Waals surface area contributed by atoms with Gasteiger partial charge in [-0.3, -0.25) is 4.79 Å². The zero-order valence-electron chi connectivity index (χ0n) is 14.9. The fraction of sp³-hybridized carbons (Fsp3) is 0.286. The van der Waals surface area contributed by atoms with Gasteiger partial charge in [-0.15, -0.1) is 0 Å². The SMILES string of the molecule is O=C(C=C1NCCc2cc3c(cc21)OCCCO3)NCc1ccccc1F. The molecule has 0 radical (unpaired) electrons. The van der Waals surface area contributed by atoms with Crippen LogP contribution in [0.15, 0.2) is 42.5 Å². The molecule has 0 saturated carbocycles. The van der Waals surface area contributed by atoms with E-state index in [9.17, 15) is 9.18 Å². The number of fused-ring (bicyclic) bond motifs is 2. The van der Waals surface area contributed by atoms with E-state index >= 15 is 0 Å². The van der Waals surface area contributed by atoms with Gasteiger partial charge in [-0.1, -0.05) is 18.2 Å². The molecular formula is C21H21FN2O3. The maximum absolute atomic E-state index is 13.7. The van der Waals surface area contributed by atoms with Crippen LogP contribution in [0.5, 0.6) is 11.5 Å². The van der Waals surface area contributed by atoms with Crippen molar-refractivity contribution in [2.24, 2.45) is 0 Å². The summed E-state index contributed by atoms with van der Waals surface area (Å²) in [6, 6.07) is 10.3. The highest BCUT2D eigenvalue weighted by molar-refractivity contribution is 5.95. The summed E-state index contributed by atoms with van der Waals surface area (Å²) in [6.07, 6.45) is 3.21. The van der Waals surface area contributed by atoms with Gasteiger partial charge in [0, 0.05) is 42.4 Å². The molecule has 0 unspecified atom stereocenters. The first-order chi connectivity index (χ1) is 13.2. The predicted molar refractivity (Wildman–Crippen MR) is 100.0 cm³/mol. The van der Waals surface area contributed by atoms with Gasteiger partial charge in [-0.05, 0) is 30.2 Å². The molecule has 1 amide bonds. The van der Waals surface area contributed by atoms with Crippen LogP contribution in [0.25, 0.3) is 5.70 Å². The van der Waals surface area contributed by atoms with Gasteiger partial charge in [-0.25, -0.2) is 4.39 Å². The molecule has 0 aliphatic carbocycles. The number of carbonyl (C=O) groups excluding carboxylic acids is 1. The van der Waals surface area contributed by atoms with Crippen LogP contribution >= 0.6 is 0 Å². The van der Waals surface area contributed by atoms with Crippen molar-refractivity contribution in [3.05, 3.63) is 65.0 Å². The second kappa shape index (κ2) is 7.70. The maximum atomic E-state index is 13.7. The average Bonchev–Trinajstić information content (AvgIpc) is 2.91. The second-order valence-corrected chi connectivity index (χ2v) is 6.55. The Morgan fingerprint density at radius 2 is 1.96 bits per heavy atom. The van der Waals surface area contributed by atoms with Crippen molar-refractivity contribution in [3.8, 4) is 11.5 Å². The number of halogens is 1. The van der Waals surface area contributed by atoms with Crippen molar-refractivity contribution < 1.29 is 18.7 Å². The number of hydrogen-bond donors (Lipinski definition) is 2. The van der Waals surface area contributed by atoms with Crippen LogP contribution in [0.2, 0.25) is 0 Å². The Labute approximate surface area is 157 Å². The van der Waals surface area contributed by atoms with Crippen molar-refractivity contribution in [2.75, 3.05) is 19.8 Å². The molecule has 2 N–H and O–H groups in total. The normalized spacial score (nSPS) is 16.9. The number of nitrogens with one attached hydrogen (secondary N) is 2. The van der Waals surface area contributed by atoms with Crippen molar-refractivity contribution in [3.63, 3.8) is 0 Å². The lowest BCUT2D eigenvalue weighted by molar-refractivity contribution is -0.116. The summed E-state index contributed by atoms with van der Waals surface area (Å²) >= 11 is 0. The quantitative estimate of drug-likeness (QED) is 0.818. The van der Waals surface area contributed by atoms with Gasteiger partial charge in [0.05, 0.1) is 13.2 Å². The van der Waals surface area contributed by atoms with Gasteiger partial charge in [0.1, 0.15) is 5.82 Å². The maximum Gasteiger partial charge on any atom is 0.246 e. The predicted octanol–water partition coefficient (Wildman–Crippen LogP) is 2.79. The van der Waals surface area contributed by atoms with E-state index in [1.165, 1.54) is 12.1 Å². The van der Waals surface area contributed by atoms with Gasteiger partial charge in [-0.2, -0.15) is 0 Å². The summed E-state index contributed by atoms with van der Waals surface area (Å²) in [4.78, 5) is 12.3. The number of amides is 1. The van der Waals surface area contributed by atoms with Gasteiger partial charge in [0.2, 0.25) is 5.91 Å². The van der Waals surface area contributed by atoms with Crippen LogP contribution < -0.4 is 20.1 Å². The topological polar surface area (TPSA) is 59.6 Å². The van der Waals surface area contributed by atoms with E-state index in [0.29, 0.717) is 24.5 Å². The summed E-state index contributed by atoms with van der Waals surface area (Å²) in [5.41, 5.74) is 3.24. The Morgan fingerprint density at radius 3 is 2.78 bits per heavy atom. The van der Waals surface area contributed by atoms with E-state index in [0.717, 1.165) is 42.0 Å². The molecule has 2 aliphatic heterocycles. The van der Waals surface area contributed by atoms with Gasteiger partial charge < -0.3 is 20.1 Å². The molecule has 0 atom stereocenters. The van der Waals surface area contributed by atoms with Gasteiger partial charge >= 0.3 is 0 Å². The summed E-state index contributed by atoms with van der Waals surface area (Å²) in [7, 11) is 0. The number of carbonyl (C=O) groups is 1. The molecule has 2 aromatic carbocycles. The molecule has 0 spiro atoms. The molecule has 5 nitrogen and oxygen atoms in total. The second-order valence-electron chi connectivity index (χ2n) is 6.55. The Kier molecular flexibility index (Phi) is 4.96. The minimum Gasteiger partial charge on any atom is -0.490 e. The van der Waals surface area contributed by atoms with Crippen molar-refractivity contribution in [1.29, 1.82) is 0 Å². The number of hydrogen-bond acceptors (Lipinski definition) is 4. The Bertz CT molecular complexity index is 895. The third-order valence-corrected chi connectivity index (χ3v) is 4.66. The first-order valence-electron chi connectivity index (χ1n) is 9.10. The Balaban J connectivity index is 1.53. The average molecular weight is 368 g/mol. The zero-order chi connectivity index (χ0) is 18.6. The third kappa shape index (κ3) is 3.89. The van der Waals surface area contributed by atoms with Gasteiger partial charge in [0.25, 0.3) is 0 Å². The monoisotopic (exact) mass is 368 g/mol. The molecule has 2 heterocycles. The van der Waals surface area contributed by atoms with E-state index in [1.807, 2.05) is 12.1 Å². The van der Waals surface area contributed by atoms with Crippen molar-refractivity contribution in [2.45, 2.75) is 19.4 Å². The summed E-state index contributed by atoms with van der Waals surface area (Å²) in [5, 5.41) is 6.01. The fourth-order valence-corrected chi connectivity index (χ4v) is 3.27. The lowest BCUT2D eigenvalue weighted by atomic mass is 9.96. The van der Waals surface area contributed by atoms with Crippen LogP contribution in [0.3, 0.4) is 0 Å². The van der Waals surface area contributed by atoms with Crippen LogP contribution in [0.4, 0.5) is 4.39 Å². The highest BCUT2D eigenvalue weighted by atomic mass is 19.1. The Morgan fingerprint density at radius 1 is 1.19 bits per heavy atom. The largest absolute Gasteiger partial charge is 0.490 e. The summed E-state index contributed by atoms with van der Waals surface area (Å²) in [6.45, 7) is 2.13. The molecule has 0 saturated heterocycles. The minimum atomic E-state index is -0.327. The molecular weight excluding hydrogens is 347 g/mol. The molecule has 2 aromatic rings. The third-order valence-electron chi connectivity index (χ3n) is 4.66.